The maximum Gasteiger partial charge on any atom is 0.228 e. The molecule has 0 radical (unpaired) electrons. The van der Waals surface area contributed by atoms with Gasteiger partial charge in [0.25, 0.3) is 0 Å². The average molecular weight is 240 g/mol. The van der Waals surface area contributed by atoms with Crippen LogP contribution < -0.4 is 5.32 Å². The van der Waals surface area contributed by atoms with Gasteiger partial charge in [-0.2, -0.15) is 0 Å². The lowest BCUT2D eigenvalue weighted by molar-refractivity contribution is -0.118. The van der Waals surface area contributed by atoms with Crippen LogP contribution in [0.3, 0.4) is 0 Å². The van der Waals surface area contributed by atoms with Gasteiger partial charge < -0.3 is 5.32 Å². The van der Waals surface area contributed by atoms with E-state index in [1.807, 2.05) is 25.1 Å². The molecule has 0 aliphatic heterocycles. The fourth-order valence-corrected chi connectivity index (χ4v) is 1.45. The second-order valence-corrected chi connectivity index (χ2v) is 4.63. The van der Waals surface area contributed by atoms with E-state index in [1.165, 1.54) is 5.56 Å². The molecular weight excluding hydrogens is 222 g/mol. The predicted octanol–water partition coefficient (Wildman–Crippen LogP) is 3.62. The van der Waals surface area contributed by atoms with Crippen LogP contribution in [0.25, 0.3) is 0 Å². The Bertz CT molecular complexity index is 363. The van der Waals surface area contributed by atoms with Gasteiger partial charge in [0.15, 0.2) is 0 Å². The fraction of sp³-hybridized carbons (Fsp3) is 0.462. The van der Waals surface area contributed by atoms with Crippen molar-refractivity contribution in [3.63, 3.8) is 0 Å². The Hall–Kier alpha value is -1.02. The normalized spacial score (nSPS) is 12.6. The second kappa shape index (κ2) is 5.90. The van der Waals surface area contributed by atoms with Gasteiger partial charge in [-0.25, -0.2) is 0 Å². The number of amides is 1. The molecule has 0 aromatic heterocycles. The van der Waals surface area contributed by atoms with E-state index in [-0.39, 0.29) is 11.8 Å². The van der Waals surface area contributed by atoms with Crippen molar-refractivity contribution in [1.29, 1.82) is 0 Å². The topological polar surface area (TPSA) is 29.1 Å². The first kappa shape index (κ1) is 13.0. The number of nitrogens with one attached hydrogen (secondary N) is 1. The maximum absolute atomic E-state index is 11.6. The predicted molar refractivity (Wildman–Crippen MR) is 69.0 cm³/mol. The lowest BCUT2D eigenvalue weighted by atomic mass is 10.0. The first-order chi connectivity index (χ1) is 7.54. The minimum atomic E-state index is -0.163. The molecule has 1 N–H and O–H groups in total. The Morgan fingerprint density at radius 3 is 2.62 bits per heavy atom. The van der Waals surface area contributed by atoms with Crippen molar-refractivity contribution < 1.29 is 4.79 Å². The van der Waals surface area contributed by atoms with Crippen molar-refractivity contribution in [2.24, 2.45) is 5.92 Å². The molecule has 3 heteroatoms. The minimum absolute atomic E-state index is 0.0316. The summed E-state index contributed by atoms with van der Waals surface area (Å²) in [6, 6.07) is 7.91. The molecule has 0 saturated heterocycles. The molecule has 0 saturated carbocycles. The fourth-order valence-electron chi connectivity index (χ4n) is 1.31. The van der Waals surface area contributed by atoms with E-state index >= 15 is 0 Å². The molecule has 0 spiro atoms. The molecule has 1 aromatic rings. The Labute approximate surface area is 102 Å². The van der Waals surface area contributed by atoms with Gasteiger partial charge in [0.2, 0.25) is 5.91 Å². The molecule has 16 heavy (non-hydrogen) atoms. The molecule has 2 nitrogen and oxygen atoms in total. The highest BCUT2D eigenvalue weighted by Crippen LogP contribution is 2.19. The third-order valence-electron chi connectivity index (χ3n) is 2.50. The third-order valence-corrected chi connectivity index (χ3v) is 2.96. The van der Waals surface area contributed by atoms with E-state index in [0.717, 1.165) is 5.69 Å². The van der Waals surface area contributed by atoms with Gasteiger partial charge in [0.05, 0.1) is 0 Å². The summed E-state index contributed by atoms with van der Waals surface area (Å²) in [4.78, 5) is 11.6. The van der Waals surface area contributed by atoms with Crippen LogP contribution >= 0.6 is 11.6 Å². The Kier molecular flexibility index (Phi) is 4.81. The van der Waals surface area contributed by atoms with Gasteiger partial charge in [0, 0.05) is 17.5 Å². The van der Waals surface area contributed by atoms with Crippen molar-refractivity contribution in [1.82, 2.24) is 0 Å². The third kappa shape index (κ3) is 3.53. The molecule has 0 bridgehead atoms. The highest BCUT2D eigenvalue weighted by atomic mass is 35.5. The largest absolute Gasteiger partial charge is 0.326 e. The van der Waals surface area contributed by atoms with Crippen LogP contribution in [0, 0.1) is 5.92 Å². The van der Waals surface area contributed by atoms with E-state index in [0.29, 0.717) is 11.8 Å². The molecule has 1 amide bonds. The SMILES string of the molecule is CC(CCl)C(=O)Nc1cccc(C(C)C)c1. The summed E-state index contributed by atoms with van der Waals surface area (Å²) >= 11 is 5.63. The van der Waals surface area contributed by atoms with Crippen molar-refractivity contribution in [2.75, 3.05) is 11.2 Å². The number of hydrogen-bond acceptors (Lipinski definition) is 1. The van der Waals surface area contributed by atoms with Gasteiger partial charge in [-0.15, -0.1) is 11.6 Å². The summed E-state index contributed by atoms with van der Waals surface area (Å²) in [5, 5.41) is 2.86. The summed E-state index contributed by atoms with van der Waals surface area (Å²) in [5.74, 6) is 0.609. The van der Waals surface area contributed by atoms with Crippen LogP contribution in [-0.4, -0.2) is 11.8 Å². The molecule has 1 aromatic carbocycles. The zero-order valence-corrected chi connectivity index (χ0v) is 10.7. The number of halogens is 1. The Morgan fingerprint density at radius 2 is 2.06 bits per heavy atom. The molecule has 0 aliphatic rings. The van der Waals surface area contributed by atoms with Crippen molar-refractivity contribution in [2.45, 2.75) is 26.7 Å². The highest BCUT2D eigenvalue weighted by molar-refractivity contribution is 6.19. The summed E-state index contributed by atoms with van der Waals surface area (Å²) in [6.45, 7) is 6.07. The average Bonchev–Trinajstić information content (AvgIpc) is 2.28. The number of carbonyl (C=O) groups excluding carboxylic acids is 1. The molecule has 0 aliphatic carbocycles. The number of benzene rings is 1. The van der Waals surface area contributed by atoms with Crippen LogP contribution in [0.2, 0.25) is 0 Å². The zero-order valence-electron chi connectivity index (χ0n) is 9.96. The number of hydrogen-bond donors (Lipinski definition) is 1. The van der Waals surface area contributed by atoms with Crippen molar-refractivity contribution >= 4 is 23.2 Å². The van der Waals surface area contributed by atoms with Crippen LogP contribution in [0.1, 0.15) is 32.3 Å². The van der Waals surface area contributed by atoms with Crippen LogP contribution in [0.4, 0.5) is 5.69 Å². The molecule has 1 unspecified atom stereocenters. The van der Waals surface area contributed by atoms with Gasteiger partial charge in [-0.3, -0.25) is 4.79 Å². The molecule has 1 rings (SSSR count). The number of alkyl halides is 1. The monoisotopic (exact) mass is 239 g/mol. The van der Waals surface area contributed by atoms with Crippen molar-refractivity contribution in [3.05, 3.63) is 29.8 Å². The van der Waals surface area contributed by atoms with Gasteiger partial charge in [-0.1, -0.05) is 32.9 Å². The smallest absolute Gasteiger partial charge is 0.228 e. The Morgan fingerprint density at radius 1 is 1.38 bits per heavy atom. The molecule has 88 valence electrons. The molecular formula is C13H18ClNO. The van der Waals surface area contributed by atoms with Crippen molar-refractivity contribution in [3.8, 4) is 0 Å². The van der Waals surface area contributed by atoms with E-state index in [1.54, 1.807) is 0 Å². The van der Waals surface area contributed by atoms with Crippen LogP contribution in [0.5, 0.6) is 0 Å². The summed E-state index contributed by atoms with van der Waals surface area (Å²) < 4.78 is 0. The minimum Gasteiger partial charge on any atom is -0.326 e. The summed E-state index contributed by atoms with van der Waals surface area (Å²) in [6.07, 6.45) is 0. The van der Waals surface area contributed by atoms with Crippen LogP contribution in [0.15, 0.2) is 24.3 Å². The number of carbonyl (C=O) groups is 1. The lowest BCUT2D eigenvalue weighted by Gasteiger charge is -2.11. The number of anilines is 1. The quantitative estimate of drug-likeness (QED) is 0.799. The number of rotatable bonds is 4. The molecule has 1 atom stereocenters. The van der Waals surface area contributed by atoms with Gasteiger partial charge in [0.1, 0.15) is 0 Å². The van der Waals surface area contributed by atoms with Gasteiger partial charge >= 0.3 is 0 Å². The zero-order chi connectivity index (χ0) is 12.1. The highest BCUT2D eigenvalue weighted by Gasteiger charge is 2.11. The lowest BCUT2D eigenvalue weighted by Crippen LogP contribution is -2.21. The standard InChI is InChI=1S/C13H18ClNO/c1-9(2)11-5-4-6-12(7-11)15-13(16)10(3)8-14/h4-7,9-10H,8H2,1-3H3,(H,15,16). The van der Waals surface area contributed by atoms with Crippen LogP contribution in [-0.2, 0) is 4.79 Å². The van der Waals surface area contributed by atoms with E-state index in [4.69, 9.17) is 11.6 Å². The van der Waals surface area contributed by atoms with E-state index in [2.05, 4.69) is 25.2 Å². The summed E-state index contributed by atoms with van der Waals surface area (Å²) in [5.41, 5.74) is 2.06. The first-order valence-corrected chi connectivity index (χ1v) is 6.04. The first-order valence-electron chi connectivity index (χ1n) is 5.51. The van der Waals surface area contributed by atoms with Gasteiger partial charge in [-0.05, 0) is 23.6 Å². The Balaban J connectivity index is 2.74. The van der Waals surface area contributed by atoms with E-state index < -0.39 is 0 Å². The second-order valence-electron chi connectivity index (χ2n) is 4.32. The summed E-state index contributed by atoms with van der Waals surface area (Å²) in [7, 11) is 0. The molecule has 0 fully saturated rings. The maximum atomic E-state index is 11.6. The van der Waals surface area contributed by atoms with E-state index in [9.17, 15) is 4.79 Å². The molecule has 0 heterocycles.